The molecular formula is C23H20N4O5. The second-order valence-electron chi connectivity index (χ2n) is 7.22. The van der Waals surface area contributed by atoms with Crippen molar-refractivity contribution in [2.45, 2.75) is 0 Å². The van der Waals surface area contributed by atoms with Crippen LogP contribution in [-0.2, 0) is 9.59 Å². The highest BCUT2D eigenvalue weighted by atomic mass is 16.3. The van der Waals surface area contributed by atoms with Crippen LogP contribution in [0.15, 0.2) is 71.3 Å². The summed E-state index contributed by atoms with van der Waals surface area (Å²) in [5.41, 5.74) is 2.05. The minimum atomic E-state index is -0.406. The molecule has 1 aliphatic heterocycles. The Morgan fingerprint density at radius 3 is 2.53 bits per heavy atom. The van der Waals surface area contributed by atoms with E-state index >= 15 is 0 Å². The third kappa shape index (κ3) is 4.36. The lowest BCUT2D eigenvalue weighted by molar-refractivity contribution is -0.117. The second kappa shape index (κ2) is 8.76. The normalized spacial score (nSPS) is 12.5. The van der Waals surface area contributed by atoms with E-state index < -0.39 is 11.8 Å². The Morgan fingerprint density at radius 1 is 1.06 bits per heavy atom. The molecule has 32 heavy (non-hydrogen) atoms. The number of rotatable bonds is 5. The van der Waals surface area contributed by atoms with Crippen molar-refractivity contribution < 1.29 is 23.6 Å². The maximum atomic E-state index is 13.0. The number of likely N-dealkylation sites (N-methyl/N-ethyl adjacent to an activating group) is 1. The summed E-state index contributed by atoms with van der Waals surface area (Å²) in [5.74, 6) is -1.25. The Kier molecular flexibility index (Phi) is 5.71. The van der Waals surface area contributed by atoms with E-state index in [2.05, 4.69) is 10.6 Å². The molecule has 4 amide bonds. The zero-order valence-electron chi connectivity index (χ0n) is 17.2. The molecule has 2 N–H and O–H groups in total. The lowest BCUT2D eigenvalue weighted by atomic mass is 10.1. The molecule has 0 bridgehead atoms. The average molecular weight is 432 g/mol. The van der Waals surface area contributed by atoms with Gasteiger partial charge in [-0.1, -0.05) is 12.1 Å². The number of anilines is 3. The van der Waals surface area contributed by atoms with Crippen molar-refractivity contribution in [3.8, 4) is 0 Å². The molecule has 0 aliphatic carbocycles. The lowest BCUT2D eigenvalue weighted by Crippen LogP contribution is -2.42. The molecule has 2 aromatic carbocycles. The number of hydrogen-bond acceptors (Lipinski definition) is 5. The predicted molar refractivity (Wildman–Crippen MR) is 117 cm³/mol. The molecule has 9 heteroatoms. The van der Waals surface area contributed by atoms with Crippen LogP contribution in [0, 0.1) is 0 Å². The number of carbonyl (C=O) groups is 4. The third-order valence-electron chi connectivity index (χ3n) is 4.89. The number of furan rings is 1. The van der Waals surface area contributed by atoms with Crippen molar-refractivity contribution >= 4 is 40.7 Å². The quantitative estimate of drug-likeness (QED) is 0.644. The van der Waals surface area contributed by atoms with Crippen molar-refractivity contribution in [3.05, 3.63) is 78.3 Å². The first-order valence-electron chi connectivity index (χ1n) is 9.82. The molecule has 0 saturated heterocycles. The monoisotopic (exact) mass is 432 g/mol. The smallest absolute Gasteiger partial charge is 0.289 e. The summed E-state index contributed by atoms with van der Waals surface area (Å²) in [6.45, 7) is -0.246. The number of nitrogens with one attached hydrogen (secondary N) is 2. The van der Waals surface area contributed by atoms with Gasteiger partial charge in [0.05, 0.1) is 24.2 Å². The summed E-state index contributed by atoms with van der Waals surface area (Å²) >= 11 is 0. The molecule has 2 heterocycles. The summed E-state index contributed by atoms with van der Waals surface area (Å²) in [7, 11) is 1.50. The molecule has 0 saturated carbocycles. The van der Waals surface area contributed by atoms with E-state index in [9.17, 15) is 19.2 Å². The largest absolute Gasteiger partial charge is 0.459 e. The summed E-state index contributed by atoms with van der Waals surface area (Å²) in [5, 5.41) is 5.43. The molecule has 1 aliphatic rings. The number of fused-ring (bicyclic) bond motifs is 1. The van der Waals surface area contributed by atoms with Crippen LogP contribution in [0.25, 0.3) is 0 Å². The van der Waals surface area contributed by atoms with Gasteiger partial charge in [-0.3, -0.25) is 24.1 Å². The molecule has 0 radical (unpaired) electrons. The van der Waals surface area contributed by atoms with Crippen molar-refractivity contribution in [2.75, 3.05) is 35.7 Å². The van der Waals surface area contributed by atoms with Crippen LogP contribution in [0.5, 0.6) is 0 Å². The Balaban J connectivity index is 1.40. The molecule has 9 nitrogen and oxygen atoms in total. The van der Waals surface area contributed by atoms with Crippen molar-refractivity contribution in [2.24, 2.45) is 0 Å². The van der Waals surface area contributed by atoms with Gasteiger partial charge in [0.15, 0.2) is 5.76 Å². The lowest BCUT2D eigenvalue weighted by Gasteiger charge is -2.29. The Hall–Kier alpha value is -4.40. The van der Waals surface area contributed by atoms with Gasteiger partial charge in [-0.25, -0.2) is 0 Å². The molecule has 0 fully saturated rings. The van der Waals surface area contributed by atoms with Crippen LogP contribution < -0.4 is 15.5 Å². The van der Waals surface area contributed by atoms with Gasteiger partial charge < -0.3 is 20.0 Å². The van der Waals surface area contributed by atoms with Gasteiger partial charge in [0.2, 0.25) is 11.8 Å². The molecule has 4 rings (SSSR count). The van der Waals surface area contributed by atoms with Gasteiger partial charge >= 0.3 is 0 Å². The van der Waals surface area contributed by atoms with Crippen LogP contribution in [0.3, 0.4) is 0 Å². The summed E-state index contributed by atoms with van der Waals surface area (Å²) in [4.78, 5) is 52.0. The SMILES string of the molecule is CN(CC(=O)Nc1ccc(C(=O)N2CC(=O)Nc3ccccc32)cc1)C(=O)c1ccco1. The minimum Gasteiger partial charge on any atom is -0.459 e. The molecule has 3 aromatic rings. The maximum Gasteiger partial charge on any atom is 0.289 e. The number of amides is 4. The van der Waals surface area contributed by atoms with Gasteiger partial charge in [-0.05, 0) is 48.5 Å². The fourth-order valence-electron chi connectivity index (χ4n) is 3.34. The Bertz CT molecular complexity index is 1170. The number of benzene rings is 2. The van der Waals surface area contributed by atoms with Gasteiger partial charge in [-0.15, -0.1) is 0 Å². The van der Waals surface area contributed by atoms with Crippen LogP contribution in [-0.4, -0.2) is 48.7 Å². The van der Waals surface area contributed by atoms with Gasteiger partial charge in [-0.2, -0.15) is 0 Å². The standard InChI is InChI=1S/C23H20N4O5/c1-26(23(31)19-7-4-12-32-19)13-20(28)24-16-10-8-15(9-11-16)22(30)27-14-21(29)25-17-5-2-3-6-18(17)27/h2-12H,13-14H2,1H3,(H,24,28)(H,25,29). The van der Waals surface area contributed by atoms with E-state index in [1.165, 1.54) is 29.2 Å². The number of para-hydroxylation sites is 2. The molecular weight excluding hydrogens is 412 g/mol. The van der Waals surface area contributed by atoms with Gasteiger partial charge in [0, 0.05) is 18.3 Å². The topological polar surface area (TPSA) is 112 Å². The zero-order chi connectivity index (χ0) is 22.7. The zero-order valence-corrected chi connectivity index (χ0v) is 17.2. The van der Waals surface area contributed by atoms with Crippen LogP contribution in [0.2, 0.25) is 0 Å². The summed E-state index contributed by atoms with van der Waals surface area (Å²) in [6.07, 6.45) is 1.39. The van der Waals surface area contributed by atoms with Crippen molar-refractivity contribution in [1.29, 1.82) is 0 Å². The Labute approximate surface area is 183 Å². The van der Waals surface area contributed by atoms with Gasteiger partial charge in [0.1, 0.15) is 6.54 Å². The van der Waals surface area contributed by atoms with Crippen LogP contribution in [0.1, 0.15) is 20.9 Å². The van der Waals surface area contributed by atoms with E-state index in [0.717, 1.165) is 0 Å². The van der Waals surface area contributed by atoms with E-state index in [0.29, 0.717) is 22.6 Å². The highest BCUT2D eigenvalue weighted by Crippen LogP contribution is 2.30. The molecule has 1 aromatic heterocycles. The number of nitrogens with zero attached hydrogens (tertiary/aromatic N) is 2. The predicted octanol–water partition coefficient (Wildman–Crippen LogP) is 2.59. The first-order valence-corrected chi connectivity index (χ1v) is 9.82. The highest BCUT2D eigenvalue weighted by molar-refractivity contribution is 6.15. The van der Waals surface area contributed by atoms with E-state index in [-0.39, 0.29) is 30.7 Å². The fourth-order valence-corrected chi connectivity index (χ4v) is 3.34. The Morgan fingerprint density at radius 2 is 1.81 bits per heavy atom. The first-order chi connectivity index (χ1) is 15.4. The highest BCUT2D eigenvalue weighted by Gasteiger charge is 2.27. The molecule has 0 spiro atoms. The van der Waals surface area contributed by atoms with Crippen molar-refractivity contribution in [3.63, 3.8) is 0 Å². The third-order valence-corrected chi connectivity index (χ3v) is 4.89. The average Bonchev–Trinajstić information content (AvgIpc) is 3.33. The van der Waals surface area contributed by atoms with Crippen LogP contribution in [0.4, 0.5) is 17.1 Å². The molecule has 0 unspecified atom stereocenters. The summed E-state index contributed by atoms with van der Waals surface area (Å²) < 4.78 is 5.05. The fraction of sp³-hybridized carbons (Fsp3) is 0.130. The van der Waals surface area contributed by atoms with E-state index in [1.807, 2.05) is 0 Å². The molecule has 162 valence electrons. The van der Waals surface area contributed by atoms with E-state index in [4.69, 9.17) is 4.42 Å². The first kappa shape index (κ1) is 20.9. The minimum absolute atomic E-state index is 0.0790. The van der Waals surface area contributed by atoms with Gasteiger partial charge in [0.25, 0.3) is 11.8 Å². The maximum absolute atomic E-state index is 13.0. The molecule has 0 atom stereocenters. The van der Waals surface area contributed by atoms with Crippen LogP contribution >= 0.6 is 0 Å². The summed E-state index contributed by atoms with van der Waals surface area (Å²) in [6, 6.07) is 16.5. The second-order valence-corrected chi connectivity index (χ2v) is 7.22. The van der Waals surface area contributed by atoms with Crippen molar-refractivity contribution in [1.82, 2.24) is 4.90 Å². The number of hydrogen-bond donors (Lipinski definition) is 2. The number of carbonyl (C=O) groups excluding carboxylic acids is 4. The van der Waals surface area contributed by atoms with E-state index in [1.54, 1.807) is 54.6 Å².